The Balaban J connectivity index is 1.96. The number of carboxylic acid groups (broad SMARTS) is 1. The normalized spacial score (nSPS) is 22.7. The fourth-order valence-electron chi connectivity index (χ4n) is 1.85. The quantitative estimate of drug-likeness (QED) is 0.858. The fourth-order valence-corrected chi connectivity index (χ4v) is 3.04. The van der Waals surface area contributed by atoms with E-state index in [-0.39, 0.29) is 11.2 Å². The predicted octanol–water partition coefficient (Wildman–Crippen LogP) is 0.922. The molecule has 102 valence electrons. The number of carbonyl (C=O) groups excluding carboxylic acids is 1. The van der Waals surface area contributed by atoms with Gasteiger partial charge in [-0.1, -0.05) is 12.1 Å². The van der Waals surface area contributed by atoms with Gasteiger partial charge < -0.3 is 15.2 Å². The fraction of sp³-hybridized carbons (Fsp3) is 0.385. The lowest BCUT2D eigenvalue weighted by atomic mass is 10.1. The number of aliphatic carboxylic acids is 1. The third-order valence-corrected chi connectivity index (χ3v) is 4.26. The SMILES string of the molecule is COc1ccc(CC2SCC(C(=O)O)NC2=O)cc1. The number of nitrogens with one attached hydrogen (secondary N) is 1. The van der Waals surface area contributed by atoms with Gasteiger partial charge in [-0.25, -0.2) is 4.79 Å². The topological polar surface area (TPSA) is 75.6 Å². The first-order valence-corrected chi connectivity index (χ1v) is 6.92. The molecule has 2 atom stereocenters. The molecule has 2 rings (SSSR count). The molecule has 1 amide bonds. The van der Waals surface area contributed by atoms with Crippen LogP contribution >= 0.6 is 11.8 Å². The van der Waals surface area contributed by atoms with E-state index < -0.39 is 12.0 Å². The van der Waals surface area contributed by atoms with Crippen molar-refractivity contribution in [3.05, 3.63) is 29.8 Å². The number of rotatable bonds is 4. The maximum atomic E-state index is 11.8. The number of ether oxygens (including phenoxy) is 1. The summed E-state index contributed by atoms with van der Waals surface area (Å²) in [6.07, 6.45) is 0.590. The molecule has 19 heavy (non-hydrogen) atoms. The van der Waals surface area contributed by atoms with E-state index in [9.17, 15) is 9.59 Å². The zero-order valence-electron chi connectivity index (χ0n) is 10.5. The summed E-state index contributed by atoms with van der Waals surface area (Å²) in [6, 6.07) is 6.75. The largest absolute Gasteiger partial charge is 0.497 e. The summed E-state index contributed by atoms with van der Waals surface area (Å²) in [6.45, 7) is 0. The summed E-state index contributed by atoms with van der Waals surface area (Å²) in [7, 11) is 1.60. The van der Waals surface area contributed by atoms with Gasteiger partial charge in [-0.05, 0) is 24.1 Å². The minimum absolute atomic E-state index is 0.209. The van der Waals surface area contributed by atoms with Crippen LogP contribution in [0.15, 0.2) is 24.3 Å². The van der Waals surface area contributed by atoms with E-state index in [1.807, 2.05) is 24.3 Å². The molecule has 1 aromatic rings. The van der Waals surface area contributed by atoms with Crippen molar-refractivity contribution in [2.45, 2.75) is 17.7 Å². The number of thioether (sulfide) groups is 1. The van der Waals surface area contributed by atoms with Gasteiger partial charge in [-0.2, -0.15) is 0 Å². The first-order valence-electron chi connectivity index (χ1n) is 5.88. The predicted molar refractivity (Wildman–Crippen MR) is 72.5 cm³/mol. The van der Waals surface area contributed by atoms with Crippen molar-refractivity contribution in [2.24, 2.45) is 0 Å². The van der Waals surface area contributed by atoms with Crippen molar-refractivity contribution in [1.29, 1.82) is 0 Å². The number of carboxylic acids is 1. The van der Waals surface area contributed by atoms with Crippen LogP contribution in [0.2, 0.25) is 0 Å². The highest BCUT2D eigenvalue weighted by Crippen LogP contribution is 2.23. The molecule has 1 aliphatic rings. The van der Waals surface area contributed by atoms with E-state index in [1.54, 1.807) is 7.11 Å². The van der Waals surface area contributed by atoms with Gasteiger partial charge in [0.15, 0.2) is 0 Å². The number of hydrogen-bond donors (Lipinski definition) is 2. The molecule has 1 aromatic carbocycles. The molecule has 6 heteroatoms. The molecule has 0 saturated carbocycles. The third-order valence-electron chi connectivity index (χ3n) is 2.95. The Kier molecular flexibility index (Phi) is 4.31. The second-order valence-electron chi connectivity index (χ2n) is 4.27. The Morgan fingerprint density at radius 2 is 2.16 bits per heavy atom. The molecule has 0 radical (unpaired) electrons. The molecule has 1 fully saturated rings. The molecule has 5 nitrogen and oxygen atoms in total. The molecule has 0 spiro atoms. The van der Waals surface area contributed by atoms with Crippen LogP contribution in [0.1, 0.15) is 5.56 Å². The Morgan fingerprint density at radius 3 is 2.68 bits per heavy atom. The van der Waals surface area contributed by atoms with Crippen LogP contribution in [0, 0.1) is 0 Å². The smallest absolute Gasteiger partial charge is 0.327 e. The maximum Gasteiger partial charge on any atom is 0.327 e. The molecule has 1 aliphatic heterocycles. The molecule has 0 aromatic heterocycles. The average Bonchev–Trinajstić information content (AvgIpc) is 2.41. The van der Waals surface area contributed by atoms with Crippen LogP contribution < -0.4 is 10.1 Å². The van der Waals surface area contributed by atoms with Gasteiger partial charge in [-0.3, -0.25) is 4.79 Å². The van der Waals surface area contributed by atoms with Crippen LogP contribution in [0.5, 0.6) is 5.75 Å². The van der Waals surface area contributed by atoms with Crippen molar-refractivity contribution < 1.29 is 19.4 Å². The molecule has 2 N–H and O–H groups in total. The van der Waals surface area contributed by atoms with Crippen molar-refractivity contribution >= 4 is 23.6 Å². The first-order chi connectivity index (χ1) is 9.10. The number of amides is 1. The lowest BCUT2D eigenvalue weighted by molar-refractivity contribution is -0.141. The molecule has 1 saturated heterocycles. The number of hydrogen-bond acceptors (Lipinski definition) is 4. The second-order valence-corrected chi connectivity index (χ2v) is 5.51. The Morgan fingerprint density at radius 1 is 1.47 bits per heavy atom. The van der Waals surface area contributed by atoms with Crippen molar-refractivity contribution in [3.8, 4) is 5.75 Å². The summed E-state index contributed by atoms with van der Waals surface area (Å²) < 4.78 is 5.07. The number of methoxy groups -OCH3 is 1. The highest BCUT2D eigenvalue weighted by atomic mass is 32.2. The highest BCUT2D eigenvalue weighted by molar-refractivity contribution is 8.00. The monoisotopic (exact) mass is 281 g/mol. The summed E-state index contributed by atoms with van der Waals surface area (Å²) in [5.41, 5.74) is 1.03. The van der Waals surface area contributed by atoms with Crippen molar-refractivity contribution in [2.75, 3.05) is 12.9 Å². The molecule has 2 unspecified atom stereocenters. The van der Waals surface area contributed by atoms with Gasteiger partial charge in [0.25, 0.3) is 0 Å². The Labute approximate surface area is 115 Å². The van der Waals surface area contributed by atoms with Crippen molar-refractivity contribution in [3.63, 3.8) is 0 Å². The molecular weight excluding hydrogens is 266 g/mol. The number of benzene rings is 1. The lowest BCUT2D eigenvalue weighted by Crippen LogP contribution is -2.51. The van der Waals surface area contributed by atoms with Gasteiger partial charge in [0.05, 0.1) is 12.4 Å². The summed E-state index contributed by atoms with van der Waals surface area (Å²) in [5, 5.41) is 11.1. The number of carbonyl (C=O) groups is 2. The minimum Gasteiger partial charge on any atom is -0.497 e. The second kappa shape index (κ2) is 5.97. The Hall–Kier alpha value is -1.69. The zero-order chi connectivity index (χ0) is 13.8. The van der Waals surface area contributed by atoms with Gasteiger partial charge >= 0.3 is 5.97 Å². The van der Waals surface area contributed by atoms with Crippen LogP contribution in [0.4, 0.5) is 0 Å². The molecule has 0 aliphatic carbocycles. The third kappa shape index (κ3) is 3.41. The highest BCUT2D eigenvalue weighted by Gasteiger charge is 2.32. The van der Waals surface area contributed by atoms with Gasteiger partial charge in [0.2, 0.25) is 5.91 Å². The maximum absolute atomic E-state index is 11.8. The molecular formula is C13H15NO4S. The van der Waals surface area contributed by atoms with Crippen LogP contribution in [0.3, 0.4) is 0 Å². The minimum atomic E-state index is -0.983. The van der Waals surface area contributed by atoms with Crippen LogP contribution in [-0.4, -0.2) is 41.1 Å². The van der Waals surface area contributed by atoms with E-state index in [0.29, 0.717) is 12.2 Å². The zero-order valence-corrected chi connectivity index (χ0v) is 11.3. The summed E-state index contributed by atoms with van der Waals surface area (Å²) in [4.78, 5) is 22.6. The van der Waals surface area contributed by atoms with E-state index in [4.69, 9.17) is 9.84 Å². The van der Waals surface area contributed by atoms with E-state index in [0.717, 1.165) is 11.3 Å². The van der Waals surface area contributed by atoms with Crippen molar-refractivity contribution in [1.82, 2.24) is 5.32 Å². The van der Waals surface area contributed by atoms with E-state index in [1.165, 1.54) is 11.8 Å². The van der Waals surface area contributed by atoms with E-state index in [2.05, 4.69) is 5.32 Å². The molecule has 0 bridgehead atoms. The Bertz CT molecular complexity index is 474. The van der Waals surface area contributed by atoms with E-state index >= 15 is 0 Å². The lowest BCUT2D eigenvalue weighted by Gasteiger charge is -2.26. The van der Waals surface area contributed by atoms with Gasteiger partial charge in [-0.15, -0.1) is 11.8 Å². The van der Waals surface area contributed by atoms with Gasteiger partial charge in [0.1, 0.15) is 11.8 Å². The molecule has 1 heterocycles. The first kappa shape index (κ1) is 13.7. The standard InChI is InChI=1S/C13H15NO4S/c1-18-9-4-2-8(3-5-9)6-11-12(15)14-10(7-19-11)13(16)17/h2-5,10-11H,6-7H2,1H3,(H,14,15)(H,16,17). The summed E-state index contributed by atoms with van der Waals surface area (Å²) >= 11 is 1.39. The van der Waals surface area contributed by atoms with Crippen LogP contribution in [-0.2, 0) is 16.0 Å². The summed E-state index contributed by atoms with van der Waals surface area (Å²) in [5.74, 6) is -0.0133. The van der Waals surface area contributed by atoms with Crippen LogP contribution in [0.25, 0.3) is 0 Å². The average molecular weight is 281 g/mol. The van der Waals surface area contributed by atoms with Gasteiger partial charge in [0, 0.05) is 5.75 Å².